The van der Waals surface area contributed by atoms with E-state index in [1.54, 1.807) is 6.33 Å². The number of rotatable bonds is 4. The molecule has 132 valence electrons. The Kier molecular flexibility index (Phi) is 4.51. The second-order valence-corrected chi connectivity index (χ2v) is 7.13. The molecule has 2 aromatic carbocycles. The monoisotopic (exact) mass is 365 g/mol. The van der Waals surface area contributed by atoms with E-state index in [0.717, 1.165) is 24.1 Å². The maximum atomic E-state index is 12.7. The average molecular weight is 366 g/mol. The van der Waals surface area contributed by atoms with Crippen molar-refractivity contribution in [3.05, 3.63) is 88.0 Å². The van der Waals surface area contributed by atoms with E-state index in [0.29, 0.717) is 17.3 Å². The highest BCUT2D eigenvalue weighted by molar-refractivity contribution is 6.30. The first kappa shape index (κ1) is 16.9. The third-order valence-electron chi connectivity index (χ3n) is 5.02. The fourth-order valence-electron chi connectivity index (χ4n) is 3.55. The number of hydrogen-bond acceptors (Lipinski definition) is 2. The summed E-state index contributed by atoms with van der Waals surface area (Å²) in [5.41, 5.74) is 5.01. The molecule has 26 heavy (non-hydrogen) atoms. The number of amides is 1. The van der Waals surface area contributed by atoms with Crippen molar-refractivity contribution < 1.29 is 4.79 Å². The lowest BCUT2D eigenvalue weighted by molar-refractivity contribution is 0.0931. The number of benzene rings is 2. The van der Waals surface area contributed by atoms with Crippen molar-refractivity contribution in [2.75, 3.05) is 0 Å². The van der Waals surface area contributed by atoms with Crippen molar-refractivity contribution in [2.24, 2.45) is 0 Å². The van der Waals surface area contributed by atoms with Crippen molar-refractivity contribution in [1.82, 2.24) is 14.9 Å². The zero-order valence-electron chi connectivity index (χ0n) is 14.6. The summed E-state index contributed by atoms with van der Waals surface area (Å²) in [5, 5.41) is 3.86. The van der Waals surface area contributed by atoms with Crippen molar-refractivity contribution >= 4 is 17.5 Å². The van der Waals surface area contributed by atoms with Crippen LogP contribution in [-0.2, 0) is 13.0 Å². The lowest BCUT2D eigenvalue weighted by Crippen LogP contribution is -2.28. The van der Waals surface area contributed by atoms with Gasteiger partial charge in [0.25, 0.3) is 5.91 Å². The van der Waals surface area contributed by atoms with Gasteiger partial charge in [-0.2, -0.15) is 0 Å². The van der Waals surface area contributed by atoms with Crippen LogP contribution in [0.1, 0.15) is 45.3 Å². The Balaban J connectivity index is 1.49. The Morgan fingerprint density at radius 2 is 2.00 bits per heavy atom. The van der Waals surface area contributed by atoms with Crippen LogP contribution in [0.3, 0.4) is 0 Å². The molecule has 1 unspecified atom stereocenters. The van der Waals surface area contributed by atoms with Gasteiger partial charge in [-0.1, -0.05) is 48.0 Å². The number of imidazole rings is 1. The van der Waals surface area contributed by atoms with Gasteiger partial charge in [-0.25, -0.2) is 4.98 Å². The third kappa shape index (κ3) is 3.25. The van der Waals surface area contributed by atoms with E-state index >= 15 is 0 Å². The van der Waals surface area contributed by atoms with Gasteiger partial charge in [-0.3, -0.25) is 4.79 Å². The van der Waals surface area contributed by atoms with Gasteiger partial charge in [0.05, 0.1) is 12.4 Å². The fourth-order valence-corrected chi connectivity index (χ4v) is 3.67. The summed E-state index contributed by atoms with van der Waals surface area (Å²) >= 11 is 5.94. The first-order valence-electron chi connectivity index (χ1n) is 8.76. The number of aryl methyl sites for hydroxylation is 1. The molecule has 4 rings (SSSR count). The van der Waals surface area contributed by atoms with Crippen LogP contribution in [0, 0.1) is 6.92 Å². The van der Waals surface area contributed by atoms with Gasteiger partial charge in [0.1, 0.15) is 5.69 Å². The first-order chi connectivity index (χ1) is 12.6. The van der Waals surface area contributed by atoms with Crippen LogP contribution in [0.4, 0.5) is 0 Å². The normalized spacial score (nSPS) is 15.7. The minimum atomic E-state index is -0.112. The summed E-state index contributed by atoms with van der Waals surface area (Å²) in [6, 6.07) is 16.1. The third-order valence-corrected chi connectivity index (χ3v) is 5.27. The summed E-state index contributed by atoms with van der Waals surface area (Å²) < 4.78 is 1.99. The lowest BCUT2D eigenvalue weighted by atomic mass is 10.1. The van der Waals surface area contributed by atoms with Gasteiger partial charge in [0, 0.05) is 17.3 Å². The highest BCUT2D eigenvalue weighted by atomic mass is 35.5. The van der Waals surface area contributed by atoms with E-state index in [1.807, 2.05) is 47.9 Å². The van der Waals surface area contributed by atoms with Crippen LogP contribution in [-0.4, -0.2) is 15.5 Å². The standard InChI is InChI=1S/C21H20ClN3O/c1-14-20(23-13-25(14)12-15-6-9-17(22)10-7-15)21(26)24-19-11-8-16-4-2-3-5-18(16)19/h2-7,9-10,13,19H,8,11-12H2,1H3,(H,24,26). The smallest absolute Gasteiger partial charge is 0.272 e. The fraction of sp³-hybridized carbons (Fsp3) is 0.238. The topological polar surface area (TPSA) is 46.9 Å². The number of fused-ring (bicyclic) bond motifs is 1. The van der Waals surface area contributed by atoms with Crippen molar-refractivity contribution in [2.45, 2.75) is 32.4 Å². The summed E-state index contributed by atoms with van der Waals surface area (Å²) in [4.78, 5) is 17.1. The van der Waals surface area contributed by atoms with Crippen LogP contribution in [0.2, 0.25) is 5.02 Å². The Hall–Kier alpha value is -2.59. The zero-order valence-corrected chi connectivity index (χ0v) is 15.3. The van der Waals surface area contributed by atoms with Crippen LogP contribution >= 0.6 is 11.6 Å². The second-order valence-electron chi connectivity index (χ2n) is 6.70. The molecular formula is C21H20ClN3O. The molecule has 5 heteroatoms. The molecule has 1 atom stereocenters. The average Bonchev–Trinajstić information content (AvgIpc) is 3.21. The molecule has 1 amide bonds. The van der Waals surface area contributed by atoms with E-state index in [-0.39, 0.29) is 11.9 Å². The van der Waals surface area contributed by atoms with Crippen molar-refractivity contribution in [1.29, 1.82) is 0 Å². The van der Waals surface area contributed by atoms with Gasteiger partial charge in [-0.15, -0.1) is 0 Å². The Bertz CT molecular complexity index is 946. The second kappa shape index (κ2) is 6.96. The number of carbonyl (C=O) groups is 1. The quantitative estimate of drug-likeness (QED) is 0.748. The minimum absolute atomic E-state index is 0.0690. The molecule has 1 N–H and O–H groups in total. The summed E-state index contributed by atoms with van der Waals surface area (Å²) in [6.07, 6.45) is 3.67. The maximum Gasteiger partial charge on any atom is 0.272 e. The molecule has 1 heterocycles. The molecule has 1 aliphatic rings. The number of aromatic nitrogens is 2. The molecule has 0 bridgehead atoms. The minimum Gasteiger partial charge on any atom is -0.344 e. The Labute approximate surface area is 157 Å². The predicted octanol–water partition coefficient (Wildman–Crippen LogP) is 4.31. The summed E-state index contributed by atoms with van der Waals surface area (Å²) in [5.74, 6) is -0.112. The Morgan fingerprint density at radius 1 is 1.23 bits per heavy atom. The number of halogens is 1. The molecule has 0 saturated carbocycles. The Morgan fingerprint density at radius 3 is 2.81 bits per heavy atom. The molecule has 1 aliphatic carbocycles. The maximum absolute atomic E-state index is 12.7. The van der Waals surface area contributed by atoms with E-state index in [2.05, 4.69) is 22.4 Å². The van der Waals surface area contributed by atoms with Crippen LogP contribution in [0.25, 0.3) is 0 Å². The number of carbonyl (C=O) groups excluding carboxylic acids is 1. The molecule has 3 aromatic rings. The molecule has 0 saturated heterocycles. The first-order valence-corrected chi connectivity index (χ1v) is 9.14. The van der Waals surface area contributed by atoms with E-state index in [1.165, 1.54) is 11.1 Å². The van der Waals surface area contributed by atoms with E-state index in [9.17, 15) is 4.79 Å². The van der Waals surface area contributed by atoms with E-state index < -0.39 is 0 Å². The van der Waals surface area contributed by atoms with Crippen LogP contribution in [0.5, 0.6) is 0 Å². The number of nitrogens with zero attached hydrogens (tertiary/aromatic N) is 2. The molecule has 0 fully saturated rings. The summed E-state index contributed by atoms with van der Waals surface area (Å²) in [7, 11) is 0. The molecule has 0 spiro atoms. The van der Waals surface area contributed by atoms with Gasteiger partial charge in [-0.05, 0) is 48.6 Å². The van der Waals surface area contributed by atoms with Gasteiger partial charge in [0.2, 0.25) is 0 Å². The summed E-state index contributed by atoms with van der Waals surface area (Å²) in [6.45, 7) is 2.59. The van der Waals surface area contributed by atoms with Crippen LogP contribution in [0.15, 0.2) is 54.9 Å². The predicted molar refractivity (Wildman–Crippen MR) is 102 cm³/mol. The van der Waals surface area contributed by atoms with Crippen molar-refractivity contribution in [3.8, 4) is 0 Å². The number of hydrogen-bond donors (Lipinski definition) is 1. The van der Waals surface area contributed by atoms with Crippen LogP contribution < -0.4 is 5.32 Å². The molecular weight excluding hydrogens is 346 g/mol. The van der Waals surface area contributed by atoms with Gasteiger partial charge >= 0.3 is 0 Å². The zero-order chi connectivity index (χ0) is 18.1. The molecule has 0 radical (unpaired) electrons. The van der Waals surface area contributed by atoms with Gasteiger partial charge in [0.15, 0.2) is 0 Å². The highest BCUT2D eigenvalue weighted by Crippen LogP contribution is 2.31. The molecule has 0 aliphatic heterocycles. The highest BCUT2D eigenvalue weighted by Gasteiger charge is 2.25. The van der Waals surface area contributed by atoms with E-state index in [4.69, 9.17) is 11.6 Å². The van der Waals surface area contributed by atoms with Gasteiger partial charge < -0.3 is 9.88 Å². The molecule has 1 aromatic heterocycles. The van der Waals surface area contributed by atoms with Crippen molar-refractivity contribution in [3.63, 3.8) is 0 Å². The SMILES string of the molecule is Cc1c(C(=O)NC2CCc3ccccc32)ncn1Cc1ccc(Cl)cc1. The molecule has 4 nitrogen and oxygen atoms in total. The number of nitrogens with one attached hydrogen (secondary N) is 1. The largest absolute Gasteiger partial charge is 0.344 e. The lowest BCUT2D eigenvalue weighted by Gasteiger charge is -2.14.